The van der Waals surface area contributed by atoms with E-state index in [-0.39, 0.29) is 34.5 Å². The number of nitrogens with one attached hydrogen (secondary N) is 1. The monoisotopic (exact) mass is 629 g/mol. The number of fused-ring (bicyclic) bond motifs is 6. The maximum Gasteiger partial charge on any atom is 0.421 e. The van der Waals surface area contributed by atoms with Crippen LogP contribution in [0.3, 0.4) is 0 Å². The van der Waals surface area contributed by atoms with Gasteiger partial charge in [0.1, 0.15) is 11.4 Å². The average Bonchev–Trinajstić information content (AvgIpc) is 3.32. The van der Waals surface area contributed by atoms with Crippen LogP contribution in [0.1, 0.15) is 111 Å². The first-order valence-corrected chi connectivity index (χ1v) is 18.9. The molecule has 0 aromatic heterocycles. The molecular weight excluding hydrogens is 574 g/mol. The van der Waals surface area contributed by atoms with Crippen LogP contribution >= 0.6 is 0 Å². The van der Waals surface area contributed by atoms with E-state index in [4.69, 9.17) is 9.47 Å². The third-order valence-electron chi connectivity index (χ3n) is 13.5. The van der Waals surface area contributed by atoms with Gasteiger partial charge >= 0.3 is 6.09 Å². The molecule has 4 saturated carbocycles. The van der Waals surface area contributed by atoms with E-state index in [1.165, 1.54) is 38.2 Å². The van der Waals surface area contributed by atoms with E-state index in [2.05, 4.69) is 32.4 Å². The Balaban J connectivity index is 1.10. The second-order valence-corrected chi connectivity index (χ2v) is 17.9. The lowest BCUT2D eigenvalue weighted by Gasteiger charge is -2.64. The van der Waals surface area contributed by atoms with Gasteiger partial charge in [-0.05, 0) is 141 Å². The summed E-state index contributed by atoms with van der Waals surface area (Å²) in [6.07, 6.45) is 11.1. The first-order valence-electron chi connectivity index (χ1n) is 17.4. The smallest absolute Gasteiger partial charge is 0.421 e. The van der Waals surface area contributed by atoms with Crippen molar-refractivity contribution in [3.8, 4) is 5.75 Å². The highest BCUT2D eigenvalue weighted by molar-refractivity contribution is 7.90. The first-order chi connectivity index (χ1) is 20.7. The molecule has 0 bridgehead atoms. The van der Waals surface area contributed by atoms with Crippen molar-refractivity contribution in [3.05, 3.63) is 23.8 Å². The molecule has 1 aliphatic heterocycles. The molecule has 44 heavy (non-hydrogen) atoms. The fourth-order valence-corrected chi connectivity index (χ4v) is 12.3. The zero-order valence-electron chi connectivity index (χ0n) is 27.7. The van der Waals surface area contributed by atoms with Crippen LogP contribution in [0.2, 0.25) is 0 Å². The minimum atomic E-state index is -4.07. The van der Waals surface area contributed by atoms with Crippen molar-refractivity contribution < 1.29 is 27.8 Å². The van der Waals surface area contributed by atoms with Gasteiger partial charge in [0.2, 0.25) is 0 Å². The third kappa shape index (κ3) is 5.38. The van der Waals surface area contributed by atoms with Crippen molar-refractivity contribution in [1.82, 2.24) is 4.72 Å². The molecule has 8 heteroatoms. The Labute approximate surface area is 265 Å². The van der Waals surface area contributed by atoms with Gasteiger partial charge in [-0.25, -0.2) is 17.9 Å². The van der Waals surface area contributed by atoms with Crippen LogP contribution < -0.4 is 9.46 Å². The van der Waals surface area contributed by atoms with E-state index in [9.17, 15) is 18.3 Å². The van der Waals surface area contributed by atoms with E-state index in [1.807, 2.05) is 13.8 Å². The number of rotatable bonds is 6. The highest BCUT2D eigenvalue weighted by atomic mass is 32.2. The summed E-state index contributed by atoms with van der Waals surface area (Å²) >= 11 is 0. The summed E-state index contributed by atoms with van der Waals surface area (Å²) in [5.41, 5.74) is 0.965. The van der Waals surface area contributed by atoms with Crippen molar-refractivity contribution in [2.45, 2.75) is 129 Å². The molecule has 1 aromatic carbocycles. The number of amides is 1. The summed E-state index contributed by atoms with van der Waals surface area (Å²) in [4.78, 5) is 12.8. The predicted octanol–water partition coefficient (Wildman–Crippen LogP) is 7.50. The highest BCUT2D eigenvalue weighted by Crippen LogP contribution is 2.69. The zero-order chi connectivity index (χ0) is 31.7. The van der Waals surface area contributed by atoms with Gasteiger partial charge in [-0.2, -0.15) is 0 Å². The SMILES string of the molecule is CC[C@H]1[C@@H](O)[C@@H]2[C@H](CC[C@]3(C)[C@@H]([C@H](C)COC(=O)NS(=O)(=O)c4ccc5c(c4)CCC(C)(C)O5)CC[C@@H]23)[C@@]2(C)CCCC[C@@H]12. The van der Waals surface area contributed by atoms with Crippen molar-refractivity contribution in [2.24, 2.45) is 52.3 Å². The van der Waals surface area contributed by atoms with Crippen molar-refractivity contribution in [3.63, 3.8) is 0 Å². The number of aryl methyl sites for hydroxylation is 1. The number of hydrogen-bond acceptors (Lipinski definition) is 6. The van der Waals surface area contributed by atoms with E-state index < -0.39 is 16.1 Å². The molecule has 0 radical (unpaired) electrons. The summed E-state index contributed by atoms with van der Waals surface area (Å²) in [5, 5.41) is 11.9. The number of carbonyl (C=O) groups is 1. The molecule has 1 aromatic rings. The third-order valence-corrected chi connectivity index (χ3v) is 14.8. The van der Waals surface area contributed by atoms with Gasteiger partial charge in [-0.3, -0.25) is 0 Å². The van der Waals surface area contributed by atoms with Crippen LogP contribution in [0, 0.1) is 52.3 Å². The summed E-state index contributed by atoms with van der Waals surface area (Å²) in [6.45, 7) is 13.6. The number of sulfonamides is 1. The van der Waals surface area contributed by atoms with E-state index in [1.54, 1.807) is 12.1 Å². The number of carbonyl (C=O) groups excluding carboxylic acids is 1. The predicted molar refractivity (Wildman–Crippen MR) is 171 cm³/mol. The minimum Gasteiger partial charge on any atom is -0.488 e. The normalized spacial score (nSPS) is 39.9. The van der Waals surface area contributed by atoms with E-state index in [0.29, 0.717) is 53.1 Å². The maximum absolute atomic E-state index is 13.1. The van der Waals surface area contributed by atoms with Crippen LogP contribution in [0.5, 0.6) is 5.75 Å². The molecule has 0 unspecified atom stereocenters. The number of aliphatic hydroxyl groups is 1. The van der Waals surface area contributed by atoms with Crippen LogP contribution in [0.25, 0.3) is 0 Å². The van der Waals surface area contributed by atoms with Crippen LogP contribution in [-0.4, -0.2) is 37.9 Å². The van der Waals surface area contributed by atoms with Gasteiger partial charge in [-0.15, -0.1) is 0 Å². The molecule has 0 saturated heterocycles. The van der Waals surface area contributed by atoms with Gasteiger partial charge in [0.15, 0.2) is 0 Å². The lowest BCUT2D eigenvalue weighted by Crippen LogP contribution is -2.61. The Morgan fingerprint density at radius 2 is 1.77 bits per heavy atom. The molecular formula is C36H55NO6S. The second kappa shape index (κ2) is 11.5. The molecule has 7 nitrogen and oxygen atoms in total. The Bertz CT molecular complexity index is 1360. The van der Waals surface area contributed by atoms with Crippen molar-refractivity contribution in [1.29, 1.82) is 0 Å². The Hall–Kier alpha value is -1.80. The molecule has 6 rings (SSSR count). The second-order valence-electron chi connectivity index (χ2n) is 16.3. The molecule has 1 heterocycles. The first kappa shape index (κ1) is 32.2. The maximum atomic E-state index is 13.1. The molecule has 10 atom stereocenters. The summed E-state index contributed by atoms with van der Waals surface area (Å²) < 4.78 is 39.8. The van der Waals surface area contributed by atoms with Crippen LogP contribution in [0.4, 0.5) is 4.79 Å². The van der Waals surface area contributed by atoms with E-state index in [0.717, 1.165) is 37.7 Å². The average molecular weight is 630 g/mol. The number of aliphatic hydroxyl groups excluding tert-OH is 1. The molecule has 246 valence electrons. The Morgan fingerprint density at radius 1 is 1.02 bits per heavy atom. The Morgan fingerprint density at radius 3 is 2.52 bits per heavy atom. The molecule has 2 N–H and O–H groups in total. The van der Waals surface area contributed by atoms with Crippen molar-refractivity contribution in [2.75, 3.05) is 6.61 Å². The van der Waals surface area contributed by atoms with E-state index >= 15 is 0 Å². The molecule has 1 amide bonds. The lowest BCUT2D eigenvalue weighted by atomic mass is 9.41. The topological polar surface area (TPSA) is 102 Å². The fraction of sp³-hybridized carbons (Fsp3) is 0.806. The van der Waals surface area contributed by atoms with Gasteiger partial charge in [-0.1, -0.05) is 47.0 Å². The largest absolute Gasteiger partial charge is 0.488 e. The number of hydrogen-bond donors (Lipinski definition) is 2. The summed E-state index contributed by atoms with van der Waals surface area (Å²) in [6, 6.07) is 4.75. The van der Waals surface area contributed by atoms with Gasteiger partial charge in [0, 0.05) is 0 Å². The summed E-state index contributed by atoms with van der Waals surface area (Å²) in [7, 11) is -4.07. The molecule has 4 fully saturated rings. The van der Waals surface area contributed by atoms with Crippen molar-refractivity contribution >= 4 is 16.1 Å². The molecule has 4 aliphatic carbocycles. The minimum absolute atomic E-state index is 0.0396. The molecule has 0 spiro atoms. The van der Waals surface area contributed by atoms with Gasteiger partial charge < -0.3 is 14.6 Å². The standard InChI is InChI=1S/C36H55NO6S/c1-7-25-27-10-8-9-17-35(27,5)29-16-19-36(6)26(12-13-28(36)31(29)32(25)38)22(2)21-42-33(39)37-44(40,41)24-11-14-30-23(20-24)15-18-34(3,4)43-30/h11,14,20,22,25-29,31-32,38H,7-10,12-13,15-19,21H2,1-6H3,(H,37,39)/t22-,25-,26-,27+,28+,29+,31+,32-,35+,36-/m1/s1. The van der Waals surface area contributed by atoms with Gasteiger partial charge in [0.25, 0.3) is 10.0 Å². The zero-order valence-corrected chi connectivity index (χ0v) is 28.5. The van der Waals surface area contributed by atoms with Crippen LogP contribution in [0.15, 0.2) is 23.1 Å². The van der Waals surface area contributed by atoms with Gasteiger partial charge in [0.05, 0.1) is 17.6 Å². The Kier molecular flexibility index (Phi) is 8.38. The lowest BCUT2D eigenvalue weighted by molar-refractivity contribution is -0.194. The number of benzene rings is 1. The number of ether oxygens (including phenoxy) is 2. The van der Waals surface area contributed by atoms with Crippen LogP contribution in [-0.2, 0) is 21.2 Å². The highest BCUT2D eigenvalue weighted by Gasteiger charge is 2.64. The quantitative estimate of drug-likeness (QED) is 0.338. The molecule has 5 aliphatic rings. The fourth-order valence-electron chi connectivity index (χ4n) is 11.3. The summed E-state index contributed by atoms with van der Waals surface area (Å²) in [5.74, 6) is 3.60.